The van der Waals surface area contributed by atoms with Gasteiger partial charge in [-0.1, -0.05) is 19.9 Å². The summed E-state index contributed by atoms with van der Waals surface area (Å²) in [5.41, 5.74) is 0.0207. The number of hydrogen-bond donors (Lipinski definition) is 2. The Morgan fingerprint density at radius 2 is 2.24 bits per heavy atom. The first-order chi connectivity index (χ1) is 8.06. The third-order valence-electron chi connectivity index (χ3n) is 2.75. The van der Waals surface area contributed by atoms with Crippen LogP contribution < -0.4 is 10.6 Å². The Hall–Kier alpha value is -0.870. The van der Waals surface area contributed by atoms with E-state index >= 15 is 0 Å². The van der Waals surface area contributed by atoms with Crippen molar-refractivity contribution >= 4 is 17.2 Å². The SMILES string of the molecule is CNCCCC(=O)NCC(C)(C)c1cccs1. The third kappa shape index (κ3) is 4.88. The van der Waals surface area contributed by atoms with Crippen molar-refractivity contribution in [3.63, 3.8) is 0 Å². The summed E-state index contributed by atoms with van der Waals surface area (Å²) in [6.07, 6.45) is 1.49. The van der Waals surface area contributed by atoms with E-state index in [2.05, 4.69) is 42.0 Å². The monoisotopic (exact) mass is 254 g/mol. The zero-order valence-corrected chi connectivity index (χ0v) is 11.7. The van der Waals surface area contributed by atoms with Gasteiger partial charge in [-0.15, -0.1) is 11.3 Å². The average Bonchev–Trinajstić information content (AvgIpc) is 2.81. The highest BCUT2D eigenvalue weighted by molar-refractivity contribution is 7.10. The van der Waals surface area contributed by atoms with Crippen LogP contribution in [0.2, 0.25) is 0 Å². The lowest BCUT2D eigenvalue weighted by Gasteiger charge is -2.23. The fraction of sp³-hybridized carbons (Fsp3) is 0.615. The predicted molar refractivity (Wildman–Crippen MR) is 73.5 cm³/mol. The number of carbonyl (C=O) groups excluding carboxylic acids is 1. The second-order valence-corrected chi connectivity index (χ2v) is 5.79. The van der Waals surface area contributed by atoms with Crippen LogP contribution in [0.3, 0.4) is 0 Å². The molecule has 1 aromatic heterocycles. The minimum absolute atomic E-state index is 0.0207. The molecule has 0 aromatic carbocycles. The van der Waals surface area contributed by atoms with Gasteiger partial charge in [0, 0.05) is 23.3 Å². The smallest absolute Gasteiger partial charge is 0.220 e. The average molecular weight is 254 g/mol. The molecule has 0 saturated carbocycles. The first kappa shape index (κ1) is 14.2. The lowest BCUT2D eigenvalue weighted by molar-refractivity contribution is -0.121. The van der Waals surface area contributed by atoms with Crippen molar-refractivity contribution in [3.05, 3.63) is 22.4 Å². The quantitative estimate of drug-likeness (QED) is 0.732. The summed E-state index contributed by atoms with van der Waals surface area (Å²) in [5.74, 6) is 0.143. The van der Waals surface area contributed by atoms with E-state index in [1.807, 2.05) is 7.05 Å². The van der Waals surface area contributed by atoms with E-state index in [0.717, 1.165) is 13.0 Å². The maximum atomic E-state index is 11.6. The molecule has 0 atom stereocenters. The van der Waals surface area contributed by atoms with Gasteiger partial charge in [-0.25, -0.2) is 0 Å². The lowest BCUT2D eigenvalue weighted by atomic mass is 9.91. The zero-order valence-electron chi connectivity index (χ0n) is 10.9. The standard InChI is InChI=1S/C13H22N2OS/c1-13(2,11-6-5-9-17-11)10-15-12(16)7-4-8-14-3/h5-6,9,14H,4,7-8,10H2,1-3H3,(H,15,16). The van der Waals surface area contributed by atoms with Crippen molar-refractivity contribution in [2.24, 2.45) is 0 Å². The number of rotatable bonds is 7. The summed E-state index contributed by atoms with van der Waals surface area (Å²) in [5, 5.41) is 8.12. The minimum Gasteiger partial charge on any atom is -0.355 e. The summed E-state index contributed by atoms with van der Waals surface area (Å²) < 4.78 is 0. The molecule has 0 aliphatic rings. The third-order valence-corrected chi connectivity index (χ3v) is 3.98. The number of thiophene rings is 1. The van der Waals surface area contributed by atoms with E-state index in [9.17, 15) is 4.79 Å². The highest BCUT2D eigenvalue weighted by Gasteiger charge is 2.22. The molecule has 0 saturated heterocycles. The first-order valence-corrected chi connectivity index (χ1v) is 6.89. The van der Waals surface area contributed by atoms with Crippen LogP contribution in [-0.2, 0) is 10.2 Å². The first-order valence-electron chi connectivity index (χ1n) is 6.01. The molecular weight excluding hydrogens is 232 g/mol. The van der Waals surface area contributed by atoms with Crippen LogP contribution in [0.5, 0.6) is 0 Å². The Labute approximate surface area is 108 Å². The predicted octanol–water partition coefficient (Wildman–Crippen LogP) is 2.14. The molecule has 0 fully saturated rings. The molecule has 17 heavy (non-hydrogen) atoms. The highest BCUT2D eigenvalue weighted by atomic mass is 32.1. The van der Waals surface area contributed by atoms with Gasteiger partial charge in [0.15, 0.2) is 0 Å². The van der Waals surface area contributed by atoms with Gasteiger partial charge in [0.2, 0.25) is 5.91 Å². The summed E-state index contributed by atoms with van der Waals surface area (Å²) in [6, 6.07) is 4.17. The summed E-state index contributed by atoms with van der Waals surface area (Å²) in [4.78, 5) is 12.9. The molecule has 0 aliphatic heterocycles. The maximum absolute atomic E-state index is 11.6. The molecule has 0 spiro atoms. The molecule has 4 heteroatoms. The van der Waals surface area contributed by atoms with Gasteiger partial charge < -0.3 is 10.6 Å². The molecule has 1 rings (SSSR count). The Morgan fingerprint density at radius 3 is 2.82 bits per heavy atom. The lowest BCUT2D eigenvalue weighted by Crippen LogP contribution is -2.36. The van der Waals surface area contributed by atoms with Gasteiger partial charge in [-0.2, -0.15) is 0 Å². The van der Waals surface area contributed by atoms with Crippen LogP contribution in [0.25, 0.3) is 0 Å². The molecule has 0 unspecified atom stereocenters. The summed E-state index contributed by atoms with van der Waals surface area (Å²) >= 11 is 1.74. The van der Waals surface area contributed by atoms with Crippen LogP contribution >= 0.6 is 11.3 Å². The summed E-state index contributed by atoms with van der Waals surface area (Å²) in [7, 11) is 1.90. The fourth-order valence-corrected chi connectivity index (χ4v) is 2.44. The Balaban J connectivity index is 2.32. The van der Waals surface area contributed by atoms with Crippen LogP contribution in [0.1, 0.15) is 31.6 Å². The van der Waals surface area contributed by atoms with Crippen molar-refractivity contribution in [2.75, 3.05) is 20.1 Å². The molecule has 1 amide bonds. The largest absolute Gasteiger partial charge is 0.355 e. The second kappa shape index (κ2) is 6.77. The molecule has 3 nitrogen and oxygen atoms in total. The van der Waals surface area contributed by atoms with Crippen molar-refractivity contribution in [3.8, 4) is 0 Å². The number of nitrogens with one attached hydrogen (secondary N) is 2. The molecular formula is C13H22N2OS. The van der Waals surface area contributed by atoms with E-state index in [4.69, 9.17) is 0 Å². The van der Waals surface area contributed by atoms with Gasteiger partial charge in [0.25, 0.3) is 0 Å². The molecule has 1 aromatic rings. The number of carbonyl (C=O) groups is 1. The van der Waals surface area contributed by atoms with Crippen LogP contribution in [0, 0.1) is 0 Å². The van der Waals surface area contributed by atoms with E-state index in [0.29, 0.717) is 13.0 Å². The Morgan fingerprint density at radius 1 is 1.47 bits per heavy atom. The van der Waals surface area contributed by atoms with Crippen molar-refractivity contribution in [1.82, 2.24) is 10.6 Å². The van der Waals surface area contributed by atoms with Crippen molar-refractivity contribution in [1.29, 1.82) is 0 Å². The van der Waals surface area contributed by atoms with Crippen molar-refractivity contribution in [2.45, 2.75) is 32.1 Å². The van der Waals surface area contributed by atoms with E-state index in [-0.39, 0.29) is 11.3 Å². The van der Waals surface area contributed by atoms with E-state index in [1.165, 1.54) is 4.88 Å². The van der Waals surface area contributed by atoms with E-state index in [1.54, 1.807) is 11.3 Å². The van der Waals surface area contributed by atoms with Gasteiger partial charge in [0.1, 0.15) is 0 Å². The topological polar surface area (TPSA) is 41.1 Å². The van der Waals surface area contributed by atoms with Crippen LogP contribution in [0.15, 0.2) is 17.5 Å². The van der Waals surface area contributed by atoms with Crippen LogP contribution in [-0.4, -0.2) is 26.0 Å². The van der Waals surface area contributed by atoms with Gasteiger partial charge >= 0.3 is 0 Å². The number of hydrogen-bond acceptors (Lipinski definition) is 3. The number of amides is 1. The summed E-state index contributed by atoms with van der Waals surface area (Å²) in [6.45, 7) is 5.91. The molecule has 0 bridgehead atoms. The second-order valence-electron chi connectivity index (χ2n) is 4.85. The Kier molecular flexibility index (Phi) is 5.65. The van der Waals surface area contributed by atoms with Gasteiger partial charge in [-0.05, 0) is 31.5 Å². The normalized spacial score (nSPS) is 11.5. The van der Waals surface area contributed by atoms with Gasteiger partial charge in [0.05, 0.1) is 0 Å². The van der Waals surface area contributed by atoms with Gasteiger partial charge in [-0.3, -0.25) is 4.79 Å². The van der Waals surface area contributed by atoms with Crippen molar-refractivity contribution < 1.29 is 4.79 Å². The maximum Gasteiger partial charge on any atom is 0.220 e. The minimum atomic E-state index is 0.0207. The molecule has 1 heterocycles. The molecule has 0 radical (unpaired) electrons. The van der Waals surface area contributed by atoms with E-state index < -0.39 is 0 Å². The fourth-order valence-electron chi connectivity index (χ4n) is 1.58. The van der Waals surface area contributed by atoms with Crippen LogP contribution in [0.4, 0.5) is 0 Å². The zero-order chi connectivity index (χ0) is 12.7. The Bertz CT molecular complexity index is 333. The molecule has 96 valence electrons. The molecule has 2 N–H and O–H groups in total. The highest BCUT2D eigenvalue weighted by Crippen LogP contribution is 2.26. The molecule has 0 aliphatic carbocycles.